The summed E-state index contributed by atoms with van der Waals surface area (Å²) in [5, 5.41) is 2.96. The summed E-state index contributed by atoms with van der Waals surface area (Å²) in [7, 11) is 0. The minimum atomic E-state index is 0.117. The molecule has 0 saturated heterocycles. The molecule has 1 fully saturated rings. The first-order valence-electron chi connectivity index (χ1n) is 5.60. The third kappa shape index (κ3) is 1.82. The zero-order valence-electron chi connectivity index (χ0n) is 8.87. The van der Waals surface area contributed by atoms with Crippen molar-refractivity contribution >= 4 is 33.2 Å². The van der Waals surface area contributed by atoms with Gasteiger partial charge in [0, 0.05) is 23.5 Å². The minimum absolute atomic E-state index is 0.117. The maximum Gasteiger partial charge on any atom is 0.226 e. The van der Waals surface area contributed by atoms with Crippen molar-refractivity contribution in [1.82, 2.24) is 0 Å². The Balaban J connectivity index is 2.04. The highest BCUT2D eigenvalue weighted by atomic mass is 79.9. The predicted molar refractivity (Wildman–Crippen MR) is 67.8 cm³/mol. The molecule has 1 saturated carbocycles. The maximum atomic E-state index is 11.6. The van der Waals surface area contributed by atoms with Gasteiger partial charge in [0.1, 0.15) is 0 Å². The maximum absolute atomic E-state index is 11.6. The van der Waals surface area contributed by atoms with Gasteiger partial charge in [0.25, 0.3) is 0 Å². The van der Waals surface area contributed by atoms with Crippen LogP contribution < -0.4 is 10.2 Å². The molecule has 84 valence electrons. The number of carbonyl (C=O) groups is 1. The van der Waals surface area contributed by atoms with E-state index < -0.39 is 0 Å². The molecular formula is C12H13BrN2O. The van der Waals surface area contributed by atoms with Crippen molar-refractivity contribution in [3.8, 4) is 0 Å². The largest absolute Gasteiger partial charge is 0.366 e. The fourth-order valence-electron chi connectivity index (χ4n) is 2.17. The van der Waals surface area contributed by atoms with Crippen LogP contribution in [0, 0.1) is 0 Å². The van der Waals surface area contributed by atoms with E-state index in [4.69, 9.17) is 0 Å². The second-order valence-electron chi connectivity index (χ2n) is 4.38. The number of hydrogen-bond donors (Lipinski definition) is 1. The molecule has 0 atom stereocenters. The normalized spacial score (nSPS) is 20.1. The molecule has 3 rings (SSSR count). The Bertz CT molecular complexity index is 443. The third-order valence-electron chi connectivity index (χ3n) is 3.11. The van der Waals surface area contributed by atoms with Crippen LogP contribution in [-0.4, -0.2) is 18.5 Å². The van der Waals surface area contributed by atoms with Crippen molar-refractivity contribution in [3.05, 3.63) is 22.7 Å². The van der Waals surface area contributed by atoms with E-state index in [9.17, 15) is 4.79 Å². The van der Waals surface area contributed by atoms with Crippen LogP contribution in [0.1, 0.15) is 19.3 Å². The Morgan fingerprint density at radius 1 is 1.38 bits per heavy atom. The number of hydrogen-bond acceptors (Lipinski definition) is 2. The molecular weight excluding hydrogens is 268 g/mol. The molecule has 4 heteroatoms. The van der Waals surface area contributed by atoms with Gasteiger partial charge in [-0.25, -0.2) is 0 Å². The fourth-order valence-corrected chi connectivity index (χ4v) is 2.52. The van der Waals surface area contributed by atoms with Crippen LogP contribution in [-0.2, 0) is 4.79 Å². The molecule has 1 N–H and O–H groups in total. The van der Waals surface area contributed by atoms with Crippen LogP contribution in [0.5, 0.6) is 0 Å². The first-order valence-corrected chi connectivity index (χ1v) is 6.39. The van der Waals surface area contributed by atoms with Crippen molar-refractivity contribution in [2.24, 2.45) is 0 Å². The number of benzene rings is 1. The minimum Gasteiger partial charge on any atom is -0.366 e. The van der Waals surface area contributed by atoms with Gasteiger partial charge in [-0.1, -0.05) is 15.9 Å². The Hall–Kier alpha value is -1.03. The van der Waals surface area contributed by atoms with Crippen LogP contribution in [0.4, 0.5) is 11.4 Å². The number of halogens is 1. The van der Waals surface area contributed by atoms with Gasteiger partial charge in [-0.15, -0.1) is 0 Å². The molecule has 1 aromatic carbocycles. The summed E-state index contributed by atoms with van der Waals surface area (Å²) < 4.78 is 1.06. The molecule has 1 amide bonds. The number of amides is 1. The zero-order valence-corrected chi connectivity index (χ0v) is 10.5. The fraction of sp³-hybridized carbons (Fsp3) is 0.417. The van der Waals surface area contributed by atoms with E-state index in [-0.39, 0.29) is 5.91 Å². The standard InChI is InChI=1S/C12H13BrN2O/c13-8-1-4-10-11(7-8)15(9-2-3-9)6-5-12(16)14-10/h1,4,7,9H,2-3,5-6H2,(H,14,16). The average molecular weight is 281 g/mol. The van der Waals surface area contributed by atoms with Crippen LogP contribution >= 0.6 is 15.9 Å². The van der Waals surface area contributed by atoms with Crippen molar-refractivity contribution in [2.75, 3.05) is 16.8 Å². The summed E-state index contributed by atoms with van der Waals surface area (Å²) in [4.78, 5) is 13.9. The van der Waals surface area contributed by atoms with Gasteiger partial charge < -0.3 is 10.2 Å². The predicted octanol–water partition coefficient (Wildman–Crippen LogP) is 2.76. The number of rotatable bonds is 1. The van der Waals surface area contributed by atoms with Gasteiger partial charge in [-0.2, -0.15) is 0 Å². The Labute approximate surface area is 103 Å². The molecule has 1 heterocycles. The van der Waals surface area contributed by atoms with Crippen LogP contribution in [0.25, 0.3) is 0 Å². The number of nitrogens with one attached hydrogen (secondary N) is 1. The van der Waals surface area contributed by atoms with Crippen LogP contribution in [0.2, 0.25) is 0 Å². The molecule has 1 aliphatic carbocycles. The lowest BCUT2D eigenvalue weighted by molar-refractivity contribution is -0.115. The van der Waals surface area contributed by atoms with E-state index in [1.807, 2.05) is 12.1 Å². The second kappa shape index (κ2) is 3.77. The molecule has 0 unspecified atom stereocenters. The Kier molecular flexibility index (Phi) is 2.39. The summed E-state index contributed by atoms with van der Waals surface area (Å²) in [6, 6.07) is 6.67. The van der Waals surface area contributed by atoms with E-state index in [0.717, 1.165) is 22.4 Å². The lowest BCUT2D eigenvalue weighted by atomic mass is 10.2. The van der Waals surface area contributed by atoms with E-state index >= 15 is 0 Å². The summed E-state index contributed by atoms with van der Waals surface area (Å²) in [6.45, 7) is 0.833. The molecule has 0 radical (unpaired) electrons. The van der Waals surface area contributed by atoms with Gasteiger partial charge in [0.15, 0.2) is 0 Å². The van der Waals surface area contributed by atoms with E-state index in [0.29, 0.717) is 12.5 Å². The number of anilines is 2. The van der Waals surface area contributed by atoms with Crippen molar-refractivity contribution < 1.29 is 4.79 Å². The number of nitrogens with zero attached hydrogens (tertiary/aromatic N) is 1. The SMILES string of the molecule is O=C1CCN(C2CC2)c2cc(Br)ccc2N1. The van der Waals surface area contributed by atoms with E-state index in [2.05, 4.69) is 32.2 Å². The first kappa shape index (κ1) is 10.1. The van der Waals surface area contributed by atoms with Crippen molar-refractivity contribution in [3.63, 3.8) is 0 Å². The van der Waals surface area contributed by atoms with Gasteiger partial charge in [0.05, 0.1) is 11.4 Å². The van der Waals surface area contributed by atoms with Crippen molar-refractivity contribution in [1.29, 1.82) is 0 Å². The molecule has 2 aliphatic rings. The smallest absolute Gasteiger partial charge is 0.226 e. The number of carbonyl (C=O) groups excluding carboxylic acids is 1. The van der Waals surface area contributed by atoms with Gasteiger partial charge in [-0.05, 0) is 31.0 Å². The van der Waals surface area contributed by atoms with E-state index in [1.165, 1.54) is 12.8 Å². The van der Waals surface area contributed by atoms with Gasteiger partial charge in [0.2, 0.25) is 5.91 Å². The molecule has 0 aromatic heterocycles. The molecule has 1 aliphatic heterocycles. The monoisotopic (exact) mass is 280 g/mol. The molecule has 16 heavy (non-hydrogen) atoms. The summed E-state index contributed by atoms with van der Waals surface area (Å²) in [6.07, 6.45) is 3.09. The molecule has 3 nitrogen and oxygen atoms in total. The van der Waals surface area contributed by atoms with Gasteiger partial charge in [-0.3, -0.25) is 4.79 Å². The topological polar surface area (TPSA) is 32.3 Å². The lowest BCUT2D eigenvalue weighted by Crippen LogP contribution is -2.26. The molecule has 1 aromatic rings. The van der Waals surface area contributed by atoms with Gasteiger partial charge >= 0.3 is 0 Å². The highest BCUT2D eigenvalue weighted by Crippen LogP contribution is 2.38. The Morgan fingerprint density at radius 3 is 2.94 bits per heavy atom. The van der Waals surface area contributed by atoms with Crippen LogP contribution in [0.15, 0.2) is 22.7 Å². The zero-order chi connectivity index (χ0) is 11.1. The highest BCUT2D eigenvalue weighted by molar-refractivity contribution is 9.10. The van der Waals surface area contributed by atoms with E-state index in [1.54, 1.807) is 0 Å². The summed E-state index contributed by atoms with van der Waals surface area (Å²) in [5.74, 6) is 0.117. The third-order valence-corrected chi connectivity index (χ3v) is 3.60. The first-order chi connectivity index (χ1) is 7.74. The molecule has 0 spiro atoms. The number of fused-ring (bicyclic) bond motifs is 1. The lowest BCUT2D eigenvalue weighted by Gasteiger charge is -2.23. The second-order valence-corrected chi connectivity index (χ2v) is 5.30. The molecule has 0 bridgehead atoms. The highest BCUT2D eigenvalue weighted by Gasteiger charge is 2.32. The Morgan fingerprint density at radius 2 is 2.19 bits per heavy atom. The summed E-state index contributed by atoms with van der Waals surface area (Å²) in [5.41, 5.74) is 2.10. The van der Waals surface area contributed by atoms with Crippen LogP contribution in [0.3, 0.4) is 0 Å². The summed E-state index contributed by atoms with van der Waals surface area (Å²) >= 11 is 3.49. The average Bonchev–Trinajstić information content (AvgIpc) is 3.05. The quantitative estimate of drug-likeness (QED) is 0.858. The van der Waals surface area contributed by atoms with Crippen molar-refractivity contribution in [2.45, 2.75) is 25.3 Å².